The Labute approximate surface area is 89.5 Å². The maximum absolute atomic E-state index is 11.8. The Bertz CT molecular complexity index is 178. The zero-order valence-electron chi connectivity index (χ0n) is 8.82. The molecule has 0 amide bonds. The fourth-order valence-corrected chi connectivity index (χ4v) is 2.26. The lowest BCUT2D eigenvalue weighted by molar-refractivity contribution is -0.133. The molecule has 0 aromatic carbocycles. The molecule has 1 fully saturated rings. The molecule has 1 aliphatic heterocycles. The second-order valence-corrected chi connectivity index (χ2v) is 4.67. The van der Waals surface area contributed by atoms with E-state index < -0.39 is 0 Å². The Balaban J connectivity index is 2.30. The van der Waals surface area contributed by atoms with Crippen LogP contribution in [0.1, 0.15) is 13.3 Å². The summed E-state index contributed by atoms with van der Waals surface area (Å²) in [4.78, 5) is 11.8. The summed E-state index contributed by atoms with van der Waals surface area (Å²) in [7, 11) is 1.66. The van der Waals surface area contributed by atoms with Gasteiger partial charge in [0.2, 0.25) is 0 Å². The monoisotopic (exact) mass is 218 g/mol. The zero-order chi connectivity index (χ0) is 10.4. The predicted octanol–water partition coefficient (Wildman–Crippen LogP) is 1.36. The second-order valence-electron chi connectivity index (χ2n) is 3.52. The number of hydrogen-bond acceptors (Lipinski definition) is 4. The minimum Gasteiger partial charge on any atom is -0.385 e. The molecule has 1 heterocycles. The van der Waals surface area contributed by atoms with E-state index in [0.717, 1.165) is 17.9 Å². The van der Waals surface area contributed by atoms with Gasteiger partial charge in [0, 0.05) is 31.1 Å². The average Bonchev–Trinajstić information content (AvgIpc) is 2.26. The van der Waals surface area contributed by atoms with E-state index in [1.54, 1.807) is 18.9 Å². The highest BCUT2D eigenvalue weighted by Gasteiger charge is 2.26. The predicted molar refractivity (Wildman–Crippen MR) is 57.7 cm³/mol. The molecule has 0 aromatic rings. The molecule has 0 spiro atoms. The fraction of sp³-hybridized carbons (Fsp3) is 0.900. The lowest BCUT2D eigenvalue weighted by Gasteiger charge is -2.23. The Morgan fingerprint density at radius 1 is 1.71 bits per heavy atom. The van der Waals surface area contributed by atoms with Gasteiger partial charge in [0.15, 0.2) is 5.78 Å². The van der Waals surface area contributed by atoms with Crippen molar-refractivity contribution in [3.8, 4) is 0 Å². The largest absolute Gasteiger partial charge is 0.385 e. The Morgan fingerprint density at radius 3 is 3.07 bits per heavy atom. The number of carbonyl (C=O) groups is 1. The summed E-state index contributed by atoms with van der Waals surface area (Å²) in [5.74, 6) is 2.11. The number of ether oxygens (including phenoxy) is 2. The van der Waals surface area contributed by atoms with Gasteiger partial charge in [-0.05, 0) is 6.42 Å². The summed E-state index contributed by atoms with van der Waals surface area (Å²) >= 11 is 1.80. The number of ketones is 1. The van der Waals surface area contributed by atoms with Crippen molar-refractivity contribution in [1.82, 2.24) is 0 Å². The molecule has 4 heteroatoms. The highest BCUT2D eigenvalue weighted by Crippen LogP contribution is 2.17. The molecule has 14 heavy (non-hydrogen) atoms. The van der Waals surface area contributed by atoms with Crippen LogP contribution in [0.3, 0.4) is 0 Å². The van der Waals surface area contributed by atoms with E-state index in [1.807, 2.05) is 6.92 Å². The SMILES string of the molecule is COCCC(C)C(=O)C1CSCCO1. The second kappa shape index (κ2) is 6.43. The van der Waals surface area contributed by atoms with E-state index in [4.69, 9.17) is 9.47 Å². The molecule has 2 unspecified atom stereocenters. The van der Waals surface area contributed by atoms with Gasteiger partial charge < -0.3 is 9.47 Å². The highest BCUT2D eigenvalue weighted by molar-refractivity contribution is 7.99. The number of thioether (sulfide) groups is 1. The van der Waals surface area contributed by atoms with Crippen LogP contribution in [0, 0.1) is 5.92 Å². The smallest absolute Gasteiger partial charge is 0.165 e. The Morgan fingerprint density at radius 2 is 2.50 bits per heavy atom. The van der Waals surface area contributed by atoms with E-state index in [2.05, 4.69) is 0 Å². The van der Waals surface area contributed by atoms with Crippen molar-refractivity contribution < 1.29 is 14.3 Å². The van der Waals surface area contributed by atoms with Crippen LogP contribution in [-0.2, 0) is 14.3 Å². The van der Waals surface area contributed by atoms with Gasteiger partial charge in [-0.1, -0.05) is 6.92 Å². The first-order valence-electron chi connectivity index (χ1n) is 4.97. The van der Waals surface area contributed by atoms with Gasteiger partial charge in [-0.25, -0.2) is 0 Å². The molecule has 0 aliphatic carbocycles. The lowest BCUT2D eigenvalue weighted by atomic mass is 9.99. The molecule has 0 N–H and O–H groups in total. The molecule has 1 saturated heterocycles. The zero-order valence-corrected chi connectivity index (χ0v) is 9.64. The minimum absolute atomic E-state index is 0.0543. The van der Waals surface area contributed by atoms with Crippen molar-refractivity contribution in [2.75, 3.05) is 31.8 Å². The maximum atomic E-state index is 11.8. The summed E-state index contributed by atoms with van der Waals surface area (Å²) in [5.41, 5.74) is 0. The third-order valence-corrected chi connectivity index (χ3v) is 3.37. The average molecular weight is 218 g/mol. The highest BCUT2D eigenvalue weighted by atomic mass is 32.2. The van der Waals surface area contributed by atoms with E-state index >= 15 is 0 Å². The van der Waals surface area contributed by atoms with Crippen LogP contribution in [0.2, 0.25) is 0 Å². The van der Waals surface area contributed by atoms with Gasteiger partial charge in [-0.3, -0.25) is 4.79 Å². The molecule has 0 saturated carbocycles. The summed E-state index contributed by atoms with van der Waals surface area (Å²) < 4.78 is 10.4. The van der Waals surface area contributed by atoms with E-state index in [9.17, 15) is 4.79 Å². The van der Waals surface area contributed by atoms with Crippen LogP contribution in [0.15, 0.2) is 0 Å². The number of rotatable bonds is 5. The number of Topliss-reactive ketones (excluding diaryl/α,β-unsaturated/α-hetero) is 1. The van der Waals surface area contributed by atoms with Crippen LogP contribution in [-0.4, -0.2) is 43.7 Å². The van der Waals surface area contributed by atoms with Gasteiger partial charge >= 0.3 is 0 Å². The number of carbonyl (C=O) groups excluding carboxylic acids is 1. The quantitative estimate of drug-likeness (QED) is 0.698. The third-order valence-electron chi connectivity index (χ3n) is 2.37. The molecule has 0 radical (unpaired) electrons. The minimum atomic E-state index is -0.180. The van der Waals surface area contributed by atoms with Crippen LogP contribution in [0.5, 0.6) is 0 Å². The van der Waals surface area contributed by atoms with Gasteiger partial charge in [0.1, 0.15) is 6.10 Å². The summed E-state index contributed by atoms with van der Waals surface area (Å²) in [6, 6.07) is 0. The van der Waals surface area contributed by atoms with Crippen LogP contribution in [0.25, 0.3) is 0 Å². The van der Waals surface area contributed by atoms with E-state index in [1.165, 1.54) is 0 Å². The molecule has 1 aliphatic rings. The van der Waals surface area contributed by atoms with Gasteiger partial charge in [0.25, 0.3) is 0 Å². The van der Waals surface area contributed by atoms with Crippen molar-refractivity contribution in [2.24, 2.45) is 5.92 Å². The number of methoxy groups -OCH3 is 1. The van der Waals surface area contributed by atoms with Crippen LogP contribution >= 0.6 is 11.8 Å². The summed E-state index contributed by atoms with van der Waals surface area (Å²) in [6.45, 7) is 3.30. The molecule has 82 valence electrons. The van der Waals surface area contributed by atoms with Crippen LogP contribution in [0.4, 0.5) is 0 Å². The van der Waals surface area contributed by atoms with E-state index in [-0.39, 0.29) is 17.8 Å². The van der Waals surface area contributed by atoms with Crippen molar-refractivity contribution >= 4 is 17.5 Å². The topological polar surface area (TPSA) is 35.5 Å². The Hall–Kier alpha value is -0.0600. The lowest BCUT2D eigenvalue weighted by Crippen LogP contribution is -2.35. The summed E-state index contributed by atoms with van der Waals surface area (Å²) in [5, 5.41) is 0. The fourth-order valence-electron chi connectivity index (χ4n) is 1.41. The van der Waals surface area contributed by atoms with Crippen molar-refractivity contribution in [3.05, 3.63) is 0 Å². The first-order valence-corrected chi connectivity index (χ1v) is 6.13. The molecule has 1 rings (SSSR count). The van der Waals surface area contributed by atoms with Crippen molar-refractivity contribution in [1.29, 1.82) is 0 Å². The standard InChI is InChI=1S/C10H18O3S/c1-8(3-4-12-2)10(11)9-7-14-6-5-13-9/h8-9H,3-7H2,1-2H3. The van der Waals surface area contributed by atoms with Gasteiger partial charge in [-0.15, -0.1) is 0 Å². The Kier molecular flexibility index (Phi) is 5.52. The first kappa shape index (κ1) is 12.0. The number of hydrogen-bond donors (Lipinski definition) is 0. The van der Waals surface area contributed by atoms with Gasteiger partial charge in [-0.2, -0.15) is 11.8 Å². The van der Waals surface area contributed by atoms with Crippen molar-refractivity contribution in [3.63, 3.8) is 0 Å². The van der Waals surface area contributed by atoms with Gasteiger partial charge in [0.05, 0.1) is 6.61 Å². The van der Waals surface area contributed by atoms with Crippen molar-refractivity contribution in [2.45, 2.75) is 19.4 Å². The molecular formula is C10H18O3S. The molecule has 2 atom stereocenters. The maximum Gasteiger partial charge on any atom is 0.165 e. The van der Waals surface area contributed by atoms with Crippen LogP contribution < -0.4 is 0 Å². The molecule has 0 bridgehead atoms. The molecular weight excluding hydrogens is 200 g/mol. The third kappa shape index (κ3) is 3.59. The molecule has 0 aromatic heterocycles. The molecule has 3 nitrogen and oxygen atoms in total. The summed E-state index contributed by atoms with van der Waals surface area (Å²) in [6.07, 6.45) is 0.612. The normalized spacial score (nSPS) is 24.6. The first-order chi connectivity index (χ1) is 6.75. The van der Waals surface area contributed by atoms with E-state index in [0.29, 0.717) is 13.2 Å².